The lowest BCUT2D eigenvalue weighted by Gasteiger charge is -2.15. The quantitative estimate of drug-likeness (QED) is 0.815. The molecule has 6 nitrogen and oxygen atoms in total. The first-order chi connectivity index (χ1) is 8.04. The summed E-state index contributed by atoms with van der Waals surface area (Å²) < 4.78 is 5.48. The molecule has 1 aromatic rings. The fourth-order valence-electron chi connectivity index (χ4n) is 1.09. The van der Waals surface area contributed by atoms with Crippen LogP contribution in [0, 0.1) is 0 Å². The molecule has 0 unspecified atom stereocenters. The zero-order valence-corrected chi connectivity index (χ0v) is 10.9. The van der Waals surface area contributed by atoms with E-state index in [1.807, 2.05) is 0 Å². The van der Waals surface area contributed by atoms with Crippen LogP contribution in [0.15, 0.2) is 21.2 Å². The van der Waals surface area contributed by atoms with Gasteiger partial charge in [0.15, 0.2) is 10.4 Å². The fraction of sp³-hybridized carbons (Fsp3) is 0.400. The highest BCUT2D eigenvalue weighted by Gasteiger charge is 2.13. The summed E-state index contributed by atoms with van der Waals surface area (Å²) in [6.45, 7) is -0.00399. The Kier molecular flexibility index (Phi) is 5.17. The second-order valence-electron chi connectivity index (χ2n) is 3.33. The van der Waals surface area contributed by atoms with Crippen molar-refractivity contribution in [1.82, 2.24) is 10.2 Å². The van der Waals surface area contributed by atoms with Gasteiger partial charge in [0.2, 0.25) is 5.91 Å². The molecule has 0 aliphatic carbocycles. The summed E-state index contributed by atoms with van der Waals surface area (Å²) in [5, 5.41) is 11.1. The summed E-state index contributed by atoms with van der Waals surface area (Å²) in [4.78, 5) is 24.3. The van der Waals surface area contributed by atoms with Crippen molar-refractivity contribution in [2.75, 3.05) is 26.7 Å². The molecule has 0 aliphatic heterocycles. The van der Waals surface area contributed by atoms with Crippen LogP contribution in [0.4, 0.5) is 0 Å². The van der Waals surface area contributed by atoms with Crippen molar-refractivity contribution >= 4 is 27.7 Å². The molecular formula is C10H13BrN2O4. The van der Waals surface area contributed by atoms with Gasteiger partial charge in [0.05, 0.1) is 13.2 Å². The van der Waals surface area contributed by atoms with Gasteiger partial charge in [0.25, 0.3) is 5.91 Å². The molecule has 1 rings (SSSR count). The minimum Gasteiger partial charge on any atom is -0.444 e. The zero-order chi connectivity index (χ0) is 12.8. The van der Waals surface area contributed by atoms with Gasteiger partial charge in [0.1, 0.15) is 0 Å². The first-order valence-electron chi connectivity index (χ1n) is 4.93. The Morgan fingerprint density at radius 3 is 2.76 bits per heavy atom. The number of aliphatic hydroxyl groups is 1. The van der Waals surface area contributed by atoms with Crippen LogP contribution in [0.2, 0.25) is 0 Å². The van der Waals surface area contributed by atoms with Crippen LogP contribution in [-0.4, -0.2) is 48.6 Å². The summed E-state index contributed by atoms with van der Waals surface area (Å²) in [6, 6.07) is 3.09. The molecule has 7 heteroatoms. The predicted molar refractivity (Wildman–Crippen MR) is 63.5 cm³/mol. The molecule has 94 valence electrons. The molecule has 0 bridgehead atoms. The minimum absolute atomic E-state index is 0.110. The Hall–Kier alpha value is -1.34. The van der Waals surface area contributed by atoms with Gasteiger partial charge in [-0.05, 0) is 28.1 Å². The minimum atomic E-state index is -0.457. The van der Waals surface area contributed by atoms with Crippen molar-refractivity contribution in [2.45, 2.75) is 0 Å². The molecule has 0 radical (unpaired) electrons. The smallest absolute Gasteiger partial charge is 0.287 e. The zero-order valence-electron chi connectivity index (χ0n) is 9.27. The van der Waals surface area contributed by atoms with Crippen LogP contribution in [-0.2, 0) is 4.79 Å². The van der Waals surface area contributed by atoms with E-state index in [1.54, 1.807) is 13.1 Å². The third-order valence-electron chi connectivity index (χ3n) is 2.06. The number of hydrogen-bond donors (Lipinski definition) is 2. The summed E-state index contributed by atoms with van der Waals surface area (Å²) in [6.07, 6.45) is 0. The first-order valence-corrected chi connectivity index (χ1v) is 5.72. The molecule has 1 aromatic heterocycles. The van der Waals surface area contributed by atoms with Crippen molar-refractivity contribution in [3.8, 4) is 0 Å². The Bertz CT molecular complexity index is 405. The number of rotatable bonds is 5. The Balaban J connectivity index is 2.41. The van der Waals surface area contributed by atoms with Gasteiger partial charge < -0.3 is 19.7 Å². The molecule has 17 heavy (non-hydrogen) atoms. The van der Waals surface area contributed by atoms with Crippen LogP contribution in [0.25, 0.3) is 0 Å². The molecule has 2 N–H and O–H groups in total. The highest BCUT2D eigenvalue weighted by atomic mass is 79.9. The Labute approximate surface area is 107 Å². The van der Waals surface area contributed by atoms with Crippen LogP contribution in [0.1, 0.15) is 10.6 Å². The topological polar surface area (TPSA) is 82.8 Å². The largest absolute Gasteiger partial charge is 0.444 e. The highest BCUT2D eigenvalue weighted by molar-refractivity contribution is 9.10. The summed E-state index contributed by atoms with van der Waals surface area (Å²) in [7, 11) is 1.55. The van der Waals surface area contributed by atoms with E-state index in [1.165, 1.54) is 11.0 Å². The second kappa shape index (κ2) is 6.41. The number of furan rings is 1. The first kappa shape index (κ1) is 13.7. The highest BCUT2D eigenvalue weighted by Crippen LogP contribution is 2.13. The maximum Gasteiger partial charge on any atom is 0.287 e. The van der Waals surface area contributed by atoms with E-state index in [4.69, 9.17) is 9.52 Å². The monoisotopic (exact) mass is 304 g/mol. The molecule has 1 heterocycles. The molecule has 2 amide bonds. The maximum atomic E-state index is 11.5. The van der Waals surface area contributed by atoms with Crippen molar-refractivity contribution in [3.63, 3.8) is 0 Å². The number of likely N-dealkylation sites (N-methyl/N-ethyl adjacent to an activating group) is 1. The van der Waals surface area contributed by atoms with Crippen molar-refractivity contribution < 1.29 is 19.1 Å². The number of nitrogens with one attached hydrogen (secondary N) is 1. The number of nitrogens with zero attached hydrogens (tertiary/aromatic N) is 1. The standard InChI is InChI=1S/C10H13BrN2O4/c1-13(4-5-14)9(15)6-12-10(16)7-2-3-8(11)17-7/h2-3,14H,4-6H2,1H3,(H,12,16). The van der Waals surface area contributed by atoms with Crippen LogP contribution >= 0.6 is 15.9 Å². The number of amides is 2. The third-order valence-corrected chi connectivity index (χ3v) is 2.48. The molecule has 0 atom stereocenters. The summed E-state index contributed by atoms with van der Waals surface area (Å²) >= 11 is 3.07. The van der Waals surface area contributed by atoms with Gasteiger partial charge in [0, 0.05) is 13.6 Å². The third kappa shape index (κ3) is 4.20. The van der Waals surface area contributed by atoms with E-state index in [2.05, 4.69) is 21.2 Å². The molecule has 0 fully saturated rings. The lowest BCUT2D eigenvalue weighted by molar-refractivity contribution is -0.129. The Morgan fingerprint density at radius 2 is 2.24 bits per heavy atom. The molecule has 0 aromatic carbocycles. The molecule has 0 spiro atoms. The van der Waals surface area contributed by atoms with Crippen molar-refractivity contribution in [1.29, 1.82) is 0 Å². The normalized spacial score (nSPS) is 10.1. The number of halogens is 1. The van der Waals surface area contributed by atoms with Gasteiger partial charge in [-0.1, -0.05) is 0 Å². The van der Waals surface area contributed by atoms with E-state index in [0.29, 0.717) is 4.67 Å². The van der Waals surface area contributed by atoms with E-state index in [9.17, 15) is 9.59 Å². The van der Waals surface area contributed by atoms with E-state index in [0.717, 1.165) is 0 Å². The SMILES string of the molecule is CN(CCO)C(=O)CNC(=O)c1ccc(Br)o1. The van der Waals surface area contributed by atoms with Crippen molar-refractivity contribution in [2.24, 2.45) is 0 Å². The molecule has 0 saturated carbocycles. The van der Waals surface area contributed by atoms with Gasteiger partial charge >= 0.3 is 0 Å². The van der Waals surface area contributed by atoms with E-state index in [-0.39, 0.29) is 31.4 Å². The maximum absolute atomic E-state index is 11.5. The van der Waals surface area contributed by atoms with Crippen LogP contribution in [0.5, 0.6) is 0 Å². The molecule has 0 saturated heterocycles. The lowest BCUT2D eigenvalue weighted by Crippen LogP contribution is -2.39. The van der Waals surface area contributed by atoms with Gasteiger partial charge in [-0.15, -0.1) is 0 Å². The van der Waals surface area contributed by atoms with Crippen LogP contribution < -0.4 is 5.32 Å². The lowest BCUT2D eigenvalue weighted by atomic mass is 10.4. The molecule has 0 aliphatic rings. The summed E-state index contributed by atoms with van der Waals surface area (Å²) in [5.41, 5.74) is 0. The number of aliphatic hydroxyl groups excluding tert-OH is 1. The van der Waals surface area contributed by atoms with Gasteiger partial charge in [-0.25, -0.2) is 0 Å². The number of carbonyl (C=O) groups is 2. The van der Waals surface area contributed by atoms with Crippen molar-refractivity contribution in [3.05, 3.63) is 22.6 Å². The van der Waals surface area contributed by atoms with E-state index < -0.39 is 5.91 Å². The average molecular weight is 305 g/mol. The van der Waals surface area contributed by atoms with Crippen LogP contribution in [0.3, 0.4) is 0 Å². The van der Waals surface area contributed by atoms with Gasteiger partial charge in [-0.2, -0.15) is 0 Å². The fourth-order valence-corrected chi connectivity index (χ4v) is 1.40. The number of carbonyl (C=O) groups excluding carboxylic acids is 2. The molecular weight excluding hydrogens is 292 g/mol. The Morgan fingerprint density at radius 1 is 1.53 bits per heavy atom. The number of hydrogen-bond acceptors (Lipinski definition) is 4. The summed E-state index contributed by atoms with van der Waals surface area (Å²) in [5.74, 6) is -0.603. The van der Waals surface area contributed by atoms with Gasteiger partial charge in [-0.3, -0.25) is 9.59 Å². The predicted octanol–water partition coefficient (Wildman–Crippen LogP) is 0.223. The van der Waals surface area contributed by atoms with E-state index >= 15 is 0 Å². The second-order valence-corrected chi connectivity index (χ2v) is 4.11. The average Bonchev–Trinajstić information content (AvgIpc) is 2.72.